The van der Waals surface area contributed by atoms with Crippen molar-refractivity contribution in [3.8, 4) is 11.5 Å². The van der Waals surface area contributed by atoms with E-state index in [0.717, 1.165) is 0 Å². The Labute approximate surface area is 83.7 Å². The Morgan fingerprint density at radius 1 is 1.33 bits per heavy atom. The molecule has 0 unspecified atom stereocenters. The van der Waals surface area contributed by atoms with Crippen molar-refractivity contribution in [2.45, 2.75) is 0 Å². The van der Waals surface area contributed by atoms with Crippen LogP contribution < -0.4 is 5.55 Å². The molecule has 2 rings (SSSR count). The highest BCUT2D eigenvalue weighted by Crippen LogP contribution is 2.32. The normalized spacial score (nSPS) is 10.4. The van der Waals surface area contributed by atoms with Gasteiger partial charge in [-0.1, -0.05) is 0 Å². The molecule has 0 radical (unpaired) electrons. The minimum absolute atomic E-state index is 0.00870. The van der Waals surface area contributed by atoms with Gasteiger partial charge in [0.1, 0.15) is 0 Å². The maximum atomic E-state index is 10.5. The number of benzene rings is 1. The molecular formula is C10H7NO4. The van der Waals surface area contributed by atoms with Crippen molar-refractivity contribution < 1.29 is 19.4 Å². The minimum Gasteiger partial charge on any atom is -0.504 e. The van der Waals surface area contributed by atoms with Crippen LogP contribution >= 0.6 is 0 Å². The molecule has 0 amide bonds. The molecule has 5 heteroatoms. The third-order valence-corrected chi connectivity index (χ3v) is 2.04. The van der Waals surface area contributed by atoms with Gasteiger partial charge < -0.3 is 14.6 Å². The van der Waals surface area contributed by atoms with Crippen LogP contribution in [-0.2, 0) is 0 Å². The summed E-state index contributed by atoms with van der Waals surface area (Å²) in [6.45, 7) is 0. The van der Waals surface area contributed by atoms with Gasteiger partial charge in [-0.15, -0.1) is 0 Å². The number of aromatic hydroxyl groups is 2. The summed E-state index contributed by atoms with van der Waals surface area (Å²) in [6.07, 6.45) is 0.495. The third-order valence-electron chi connectivity index (χ3n) is 2.04. The topological polar surface area (TPSA) is 94.5 Å². The minimum atomic E-state index is -0.432. The molecule has 3 N–H and O–H groups in total. The molecule has 0 aliphatic heterocycles. The monoisotopic (exact) mass is 205 g/mol. The first-order valence-corrected chi connectivity index (χ1v) is 4.12. The zero-order valence-corrected chi connectivity index (χ0v) is 7.52. The molecule has 1 heterocycles. The lowest BCUT2D eigenvalue weighted by molar-refractivity contribution is 0.111. The Kier molecular flexibility index (Phi) is 1.93. The Morgan fingerprint density at radius 2 is 2.07 bits per heavy atom. The molecule has 0 saturated carbocycles. The maximum absolute atomic E-state index is 10.5. The largest absolute Gasteiger partial charge is 0.504 e. The van der Waals surface area contributed by atoms with Gasteiger partial charge in [-0.2, -0.15) is 0 Å². The molecule has 0 aliphatic rings. The number of rotatable bonds is 1. The van der Waals surface area contributed by atoms with Crippen molar-refractivity contribution in [1.29, 1.82) is 5.41 Å². The maximum Gasteiger partial charge on any atom is 0.222 e. The molecule has 0 spiro atoms. The van der Waals surface area contributed by atoms with Crippen molar-refractivity contribution >= 4 is 17.3 Å². The summed E-state index contributed by atoms with van der Waals surface area (Å²) in [6, 6.07) is 4.18. The van der Waals surface area contributed by atoms with E-state index < -0.39 is 5.75 Å². The number of hydrogen-bond donors (Lipinski definition) is 3. The smallest absolute Gasteiger partial charge is 0.222 e. The van der Waals surface area contributed by atoms with Gasteiger partial charge in [0.2, 0.25) is 11.3 Å². The zero-order chi connectivity index (χ0) is 11.0. The Morgan fingerprint density at radius 3 is 2.73 bits per heavy atom. The van der Waals surface area contributed by atoms with Gasteiger partial charge in [0, 0.05) is 5.39 Å². The molecule has 76 valence electrons. The lowest BCUT2D eigenvalue weighted by atomic mass is 10.2. The van der Waals surface area contributed by atoms with Crippen LogP contribution in [-0.4, -0.2) is 16.5 Å². The molecule has 1 aromatic carbocycles. The van der Waals surface area contributed by atoms with E-state index in [4.69, 9.17) is 9.83 Å². The van der Waals surface area contributed by atoms with E-state index in [-0.39, 0.29) is 22.5 Å². The Hall–Kier alpha value is -2.30. The molecule has 0 aliphatic carbocycles. The first-order valence-electron chi connectivity index (χ1n) is 4.12. The van der Waals surface area contributed by atoms with E-state index in [1.807, 2.05) is 0 Å². The number of phenolic OH excluding ortho intramolecular Hbond substituents is 2. The van der Waals surface area contributed by atoms with Crippen LogP contribution in [0.2, 0.25) is 0 Å². The van der Waals surface area contributed by atoms with Gasteiger partial charge in [-0.25, -0.2) is 0 Å². The standard InChI is InChI=1S/C10H7NO4/c11-10-6(4-12)3-5-1-2-7(13)8(14)9(5)15-10/h1-4,11,13-14H. The van der Waals surface area contributed by atoms with Crippen molar-refractivity contribution in [2.24, 2.45) is 0 Å². The highest BCUT2D eigenvalue weighted by molar-refractivity contribution is 5.88. The summed E-state index contributed by atoms with van der Waals surface area (Å²) in [5.41, 5.74) is -0.267. The average Bonchev–Trinajstić information content (AvgIpc) is 2.24. The number of hydrogen-bond acceptors (Lipinski definition) is 5. The van der Waals surface area contributed by atoms with Crippen molar-refractivity contribution in [3.63, 3.8) is 0 Å². The highest BCUT2D eigenvalue weighted by Gasteiger charge is 2.09. The fourth-order valence-electron chi connectivity index (χ4n) is 1.28. The second kappa shape index (κ2) is 3.13. The van der Waals surface area contributed by atoms with E-state index in [1.54, 1.807) is 0 Å². The van der Waals surface area contributed by atoms with E-state index in [0.29, 0.717) is 11.7 Å². The van der Waals surface area contributed by atoms with Gasteiger partial charge in [0.15, 0.2) is 17.6 Å². The highest BCUT2D eigenvalue weighted by atomic mass is 16.4. The number of fused-ring (bicyclic) bond motifs is 1. The number of carbonyl (C=O) groups is 1. The fraction of sp³-hybridized carbons (Fsp3) is 0. The molecule has 0 bridgehead atoms. The second-order valence-corrected chi connectivity index (χ2v) is 3.00. The molecule has 0 saturated heterocycles. The average molecular weight is 205 g/mol. The quantitative estimate of drug-likeness (QED) is 0.480. The fourth-order valence-corrected chi connectivity index (χ4v) is 1.28. The van der Waals surface area contributed by atoms with Crippen LogP contribution in [0.5, 0.6) is 11.5 Å². The lowest BCUT2D eigenvalue weighted by Gasteiger charge is -2.02. The zero-order valence-electron chi connectivity index (χ0n) is 7.52. The van der Waals surface area contributed by atoms with Crippen molar-refractivity contribution in [3.05, 3.63) is 29.3 Å². The van der Waals surface area contributed by atoms with Gasteiger partial charge in [0.05, 0.1) is 5.56 Å². The van der Waals surface area contributed by atoms with Gasteiger partial charge in [-0.05, 0) is 18.2 Å². The summed E-state index contributed by atoms with van der Waals surface area (Å²) >= 11 is 0. The third kappa shape index (κ3) is 1.34. The van der Waals surface area contributed by atoms with Crippen LogP contribution in [0.15, 0.2) is 22.6 Å². The van der Waals surface area contributed by atoms with Crippen LogP contribution in [0.4, 0.5) is 0 Å². The molecule has 2 aromatic rings. The number of phenols is 2. The number of carbonyl (C=O) groups excluding carboxylic acids is 1. The predicted octanol–water partition coefficient (Wildman–Crippen LogP) is 1.14. The van der Waals surface area contributed by atoms with E-state index in [1.165, 1.54) is 18.2 Å². The predicted molar refractivity (Wildman–Crippen MR) is 50.8 cm³/mol. The van der Waals surface area contributed by atoms with Crippen LogP contribution in [0.1, 0.15) is 10.4 Å². The summed E-state index contributed by atoms with van der Waals surface area (Å²) in [5.74, 6) is -0.761. The molecule has 5 nitrogen and oxygen atoms in total. The first kappa shape index (κ1) is 9.26. The Balaban J connectivity index is 2.93. The Bertz CT molecular complexity index is 600. The van der Waals surface area contributed by atoms with E-state index >= 15 is 0 Å². The first-order chi connectivity index (χ1) is 7.13. The van der Waals surface area contributed by atoms with Crippen LogP contribution in [0.25, 0.3) is 11.0 Å². The lowest BCUT2D eigenvalue weighted by Crippen LogP contribution is -2.05. The van der Waals surface area contributed by atoms with Crippen LogP contribution in [0.3, 0.4) is 0 Å². The van der Waals surface area contributed by atoms with Gasteiger partial charge >= 0.3 is 0 Å². The number of aldehydes is 1. The summed E-state index contributed by atoms with van der Waals surface area (Å²) in [4.78, 5) is 10.5. The van der Waals surface area contributed by atoms with Crippen LogP contribution in [0, 0.1) is 5.41 Å². The molecule has 1 aromatic heterocycles. The van der Waals surface area contributed by atoms with E-state index in [2.05, 4.69) is 0 Å². The summed E-state index contributed by atoms with van der Waals surface area (Å²) < 4.78 is 4.92. The van der Waals surface area contributed by atoms with Gasteiger partial charge in [0.25, 0.3) is 0 Å². The molecular weight excluding hydrogens is 198 g/mol. The number of nitrogens with one attached hydrogen (secondary N) is 1. The second-order valence-electron chi connectivity index (χ2n) is 3.00. The summed E-state index contributed by atoms with van der Waals surface area (Å²) in [5, 5.41) is 26.4. The molecule has 15 heavy (non-hydrogen) atoms. The van der Waals surface area contributed by atoms with Crippen molar-refractivity contribution in [2.75, 3.05) is 0 Å². The van der Waals surface area contributed by atoms with Gasteiger partial charge in [-0.3, -0.25) is 10.2 Å². The molecule has 0 fully saturated rings. The molecule has 0 atom stereocenters. The summed E-state index contributed by atoms with van der Waals surface area (Å²) in [7, 11) is 0. The van der Waals surface area contributed by atoms with Crippen molar-refractivity contribution in [1.82, 2.24) is 0 Å². The van der Waals surface area contributed by atoms with E-state index in [9.17, 15) is 15.0 Å². The SMILES string of the molecule is N=c1oc2c(O)c(O)ccc2cc1C=O.